The van der Waals surface area contributed by atoms with Gasteiger partial charge < -0.3 is 9.47 Å². The molecule has 236 valence electrons. The highest BCUT2D eigenvalue weighted by atomic mass is 19.4. The Morgan fingerprint density at radius 3 is 1.91 bits per heavy atom. The summed E-state index contributed by atoms with van der Waals surface area (Å²) in [6.45, 7) is 2.29. The molecule has 2 amide bonds. The van der Waals surface area contributed by atoms with Crippen molar-refractivity contribution >= 4 is 17.9 Å². The third-order valence-corrected chi connectivity index (χ3v) is 7.25. The molecule has 2 aliphatic rings. The maximum Gasteiger partial charge on any atom is 0.416 e. The van der Waals surface area contributed by atoms with Crippen molar-refractivity contribution in [1.82, 2.24) is 4.90 Å². The fourth-order valence-corrected chi connectivity index (χ4v) is 5.26. The molecule has 2 aromatic rings. The Balaban J connectivity index is 1.88. The number of benzene rings is 2. The zero-order chi connectivity index (χ0) is 32.1. The fourth-order valence-electron chi connectivity index (χ4n) is 5.26. The van der Waals surface area contributed by atoms with Gasteiger partial charge in [0, 0.05) is 12.6 Å². The summed E-state index contributed by atoms with van der Waals surface area (Å²) in [5.41, 5.74) is -5.18. The van der Waals surface area contributed by atoms with Crippen LogP contribution in [0.2, 0.25) is 0 Å². The van der Waals surface area contributed by atoms with E-state index in [1.807, 2.05) is 0 Å². The van der Waals surface area contributed by atoms with Crippen LogP contribution in [0.5, 0.6) is 0 Å². The lowest BCUT2D eigenvalue weighted by atomic mass is 9.86. The molecule has 43 heavy (non-hydrogen) atoms. The number of hydrogen-bond acceptors (Lipinski definition) is 4. The molecule has 1 aliphatic carbocycles. The largest absolute Gasteiger partial charge is 0.453 e. The smallest absolute Gasteiger partial charge is 0.416 e. The zero-order valence-corrected chi connectivity index (χ0v) is 23.0. The van der Waals surface area contributed by atoms with E-state index in [1.165, 1.54) is 4.90 Å². The molecule has 0 aromatic heterocycles. The van der Waals surface area contributed by atoms with Crippen LogP contribution >= 0.6 is 0 Å². The van der Waals surface area contributed by atoms with E-state index >= 15 is 0 Å². The summed E-state index contributed by atoms with van der Waals surface area (Å²) in [5, 5.41) is 0. The third-order valence-electron chi connectivity index (χ3n) is 7.25. The van der Waals surface area contributed by atoms with Crippen molar-refractivity contribution in [2.45, 2.75) is 76.4 Å². The molecule has 2 atom stereocenters. The van der Waals surface area contributed by atoms with Crippen molar-refractivity contribution in [1.29, 1.82) is 0 Å². The number of methoxy groups -OCH3 is 1. The van der Waals surface area contributed by atoms with Gasteiger partial charge in [0.25, 0.3) is 0 Å². The molecular weight excluding hydrogens is 599 g/mol. The standard InChI is InChI=1S/C28H27F9N2O4/c1-14(2)43-25(41)39-21-7-6-17(26(29,30)31)11-20(21)23(12-22(39)16-4-5-16)38(24(40)42-3)13-15-8-18(27(32,33)34)10-19(9-15)28(35,36)37/h6-11,14,16,22-23H,4-5,12-13H2,1-3H3/t22-,23+/m0/s1. The minimum absolute atomic E-state index is 0.0271. The zero-order valence-electron chi connectivity index (χ0n) is 23.0. The van der Waals surface area contributed by atoms with Gasteiger partial charge in [-0.1, -0.05) is 0 Å². The number of fused-ring (bicyclic) bond motifs is 1. The van der Waals surface area contributed by atoms with Crippen LogP contribution in [-0.4, -0.2) is 36.3 Å². The maximum absolute atomic E-state index is 13.8. The van der Waals surface area contributed by atoms with Gasteiger partial charge in [0.05, 0.1) is 41.6 Å². The van der Waals surface area contributed by atoms with Gasteiger partial charge in [0.2, 0.25) is 0 Å². The Kier molecular flexibility index (Phi) is 8.59. The maximum atomic E-state index is 13.8. The first-order chi connectivity index (χ1) is 19.8. The first-order valence-electron chi connectivity index (χ1n) is 13.1. The molecule has 4 rings (SSSR count). The van der Waals surface area contributed by atoms with E-state index in [-0.39, 0.29) is 29.7 Å². The molecule has 1 aliphatic heterocycles. The predicted octanol–water partition coefficient (Wildman–Crippen LogP) is 8.59. The second-order valence-electron chi connectivity index (χ2n) is 10.7. The van der Waals surface area contributed by atoms with Crippen LogP contribution in [0.15, 0.2) is 36.4 Å². The summed E-state index contributed by atoms with van der Waals surface area (Å²) in [7, 11) is 0.920. The van der Waals surface area contributed by atoms with Crippen LogP contribution < -0.4 is 4.90 Å². The minimum atomic E-state index is -5.17. The predicted molar refractivity (Wildman–Crippen MR) is 134 cm³/mol. The molecule has 0 saturated heterocycles. The third kappa shape index (κ3) is 7.12. The first kappa shape index (κ1) is 32.3. The Morgan fingerprint density at radius 2 is 1.44 bits per heavy atom. The molecule has 0 spiro atoms. The van der Waals surface area contributed by atoms with E-state index in [4.69, 9.17) is 9.47 Å². The minimum Gasteiger partial charge on any atom is -0.453 e. The van der Waals surface area contributed by atoms with E-state index in [9.17, 15) is 49.1 Å². The molecule has 0 N–H and O–H groups in total. The van der Waals surface area contributed by atoms with Gasteiger partial charge in [-0.3, -0.25) is 9.80 Å². The van der Waals surface area contributed by atoms with Crippen molar-refractivity contribution in [2.75, 3.05) is 12.0 Å². The van der Waals surface area contributed by atoms with Crippen molar-refractivity contribution in [3.8, 4) is 0 Å². The number of carbonyl (C=O) groups excluding carboxylic acids is 2. The first-order valence-corrected chi connectivity index (χ1v) is 13.1. The van der Waals surface area contributed by atoms with Crippen LogP contribution in [0.3, 0.4) is 0 Å². The molecule has 6 nitrogen and oxygen atoms in total. The number of hydrogen-bond donors (Lipinski definition) is 0. The number of nitrogens with zero attached hydrogens (tertiary/aromatic N) is 2. The summed E-state index contributed by atoms with van der Waals surface area (Å²) in [6, 6.07) is 1.29. The average molecular weight is 627 g/mol. The molecule has 15 heteroatoms. The lowest BCUT2D eigenvalue weighted by molar-refractivity contribution is -0.143. The van der Waals surface area contributed by atoms with Gasteiger partial charge in [-0.15, -0.1) is 0 Å². The van der Waals surface area contributed by atoms with Crippen LogP contribution in [0, 0.1) is 5.92 Å². The molecular formula is C28H27F9N2O4. The van der Waals surface area contributed by atoms with Gasteiger partial charge >= 0.3 is 30.7 Å². The quantitative estimate of drug-likeness (QED) is 0.312. The second-order valence-corrected chi connectivity index (χ2v) is 10.7. The van der Waals surface area contributed by atoms with Gasteiger partial charge in [-0.25, -0.2) is 9.59 Å². The molecule has 0 unspecified atom stereocenters. The SMILES string of the molecule is COC(=O)N(Cc1cc(C(F)(F)F)cc(C(F)(F)F)c1)[C@@H]1C[C@@H](C2CC2)N(C(=O)OC(C)C)c2ccc(C(F)(F)F)cc21. The van der Waals surface area contributed by atoms with Gasteiger partial charge in [0.15, 0.2) is 0 Å². The summed E-state index contributed by atoms with van der Waals surface area (Å²) in [6.07, 6.45) is -16.7. The number of rotatable bonds is 5. The molecule has 0 radical (unpaired) electrons. The van der Waals surface area contributed by atoms with Crippen molar-refractivity contribution in [2.24, 2.45) is 5.92 Å². The fraction of sp³-hybridized carbons (Fsp3) is 0.500. The highest BCUT2D eigenvalue weighted by Crippen LogP contribution is 2.50. The Bertz CT molecular complexity index is 1340. The Hall–Kier alpha value is -3.65. The van der Waals surface area contributed by atoms with E-state index < -0.39 is 77.7 Å². The van der Waals surface area contributed by atoms with Crippen molar-refractivity contribution in [3.05, 3.63) is 64.2 Å². The van der Waals surface area contributed by atoms with Gasteiger partial charge in [-0.2, -0.15) is 39.5 Å². The topological polar surface area (TPSA) is 59.1 Å². The van der Waals surface area contributed by atoms with Crippen LogP contribution in [-0.2, 0) is 34.5 Å². The lowest BCUT2D eigenvalue weighted by Crippen LogP contribution is -2.50. The molecule has 1 saturated carbocycles. The van der Waals surface area contributed by atoms with Gasteiger partial charge in [-0.05, 0) is 86.6 Å². The second kappa shape index (κ2) is 11.5. The number of halogens is 9. The molecule has 2 aromatic carbocycles. The number of carbonyl (C=O) groups is 2. The van der Waals surface area contributed by atoms with E-state index in [0.29, 0.717) is 31.0 Å². The monoisotopic (exact) mass is 626 g/mol. The van der Waals surface area contributed by atoms with E-state index in [2.05, 4.69) is 0 Å². The highest BCUT2D eigenvalue weighted by molar-refractivity contribution is 5.91. The van der Waals surface area contributed by atoms with Crippen molar-refractivity contribution < 1.29 is 58.6 Å². The molecule has 1 heterocycles. The Labute approximate surface area is 240 Å². The molecule has 1 fully saturated rings. The van der Waals surface area contributed by atoms with Crippen molar-refractivity contribution in [3.63, 3.8) is 0 Å². The number of ether oxygens (including phenoxy) is 2. The normalized spacial score (nSPS) is 19.2. The highest BCUT2D eigenvalue weighted by Gasteiger charge is 2.48. The number of anilines is 1. The summed E-state index contributed by atoms with van der Waals surface area (Å²) in [5.74, 6) is -0.137. The summed E-state index contributed by atoms with van der Waals surface area (Å²) < 4.78 is 133. The summed E-state index contributed by atoms with van der Waals surface area (Å²) >= 11 is 0. The lowest BCUT2D eigenvalue weighted by Gasteiger charge is -2.44. The molecule has 0 bridgehead atoms. The van der Waals surface area contributed by atoms with E-state index in [0.717, 1.165) is 24.1 Å². The van der Waals surface area contributed by atoms with Crippen LogP contribution in [0.25, 0.3) is 0 Å². The summed E-state index contributed by atoms with van der Waals surface area (Å²) in [4.78, 5) is 28.2. The van der Waals surface area contributed by atoms with Crippen LogP contribution in [0.4, 0.5) is 54.8 Å². The number of alkyl halides is 9. The number of amides is 2. The Morgan fingerprint density at radius 1 is 0.884 bits per heavy atom. The van der Waals surface area contributed by atoms with E-state index in [1.54, 1.807) is 13.8 Å². The average Bonchev–Trinajstić information content (AvgIpc) is 3.73. The van der Waals surface area contributed by atoms with Gasteiger partial charge in [0.1, 0.15) is 0 Å². The van der Waals surface area contributed by atoms with Crippen LogP contribution in [0.1, 0.15) is 67.0 Å².